The minimum atomic E-state index is 0.887. The minimum absolute atomic E-state index is 0.887. The van der Waals surface area contributed by atoms with Crippen molar-refractivity contribution < 1.29 is 0 Å². The summed E-state index contributed by atoms with van der Waals surface area (Å²) in [6, 6.07) is 6.16. The Morgan fingerprint density at radius 2 is 1.68 bits per heavy atom. The van der Waals surface area contributed by atoms with Crippen molar-refractivity contribution in [3.05, 3.63) is 41.3 Å². The summed E-state index contributed by atoms with van der Waals surface area (Å²) >= 11 is 0. The molecule has 0 atom stereocenters. The van der Waals surface area contributed by atoms with E-state index in [2.05, 4.69) is 29.1 Å². The van der Waals surface area contributed by atoms with Gasteiger partial charge in [0.15, 0.2) is 5.82 Å². The number of pyridine rings is 1. The maximum atomic E-state index is 4.39. The number of nitrogens with zero attached hydrogens (tertiary/aromatic N) is 3. The van der Waals surface area contributed by atoms with Gasteiger partial charge in [0.25, 0.3) is 0 Å². The summed E-state index contributed by atoms with van der Waals surface area (Å²) in [5.41, 5.74) is 3.39. The molecule has 0 bridgehead atoms. The van der Waals surface area contributed by atoms with Crippen LogP contribution in [-0.2, 0) is 6.42 Å². The summed E-state index contributed by atoms with van der Waals surface area (Å²) in [5.74, 6) is 0.887. The molecule has 0 aliphatic heterocycles. The van der Waals surface area contributed by atoms with Crippen molar-refractivity contribution in [2.45, 2.75) is 54.9 Å². The van der Waals surface area contributed by atoms with Crippen LogP contribution in [0.3, 0.4) is 0 Å². The van der Waals surface area contributed by atoms with Crippen LogP contribution in [0.5, 0.6) is 0 Å². The monoisotopic (exact) mass is 261 g/mol. The summed E-state index contributed by atoms with van der Waals surface area (Å²) in [6.07, 6.45) is 2.93. The van der Waals surface area contributed by atoms with Crippen molar-refractivity contribution in [1.82, 2.24) is 14.8 Å². The third-order valence-electron chi connectivity index (χ3n) is 2.44. The van der Waals surface area contributed by atoms with Gasteiger partial charge in [-0.05, 0) is 38.0 Å². The van der Waals surface area contributed by atoms with Crippen LogP contribution in [-0.4, -0.2) is 14.8 Å². The van der Waals surface area contributed by atoms with Gasteiger partial charge in [0.1, 0.15) is 0 Å². The molecule has 0 radical (unpaired) electrons. The average Bonchev–Trinajstić information content (AvgIpc) is 2.82. The molecule has 0 fully saturated rings. The first-order chi connectivity index (χ1) is 9.20. The second kappa shape index (κ2) is 9.31. The standard InChI is InChI=1S/C12H15N3.2C2H6/c1-4-11-5-6-12(13-8-11)15-10(3)7-9(2)14-15;2*1-2/h5-8H,4H2,1-3H3;2*1-2H3. The van der Waals surface area contributed by atoms with E-state index in [9.17, 15) is 0 Å². The van der Waals surface area contributed by atoms with Gasteiger partial charge >= 0.3 is 0 Å². The SMILES string of the molecule is CC.CC.CCc1ccc(-n2nc(C)cc2C)nc1. The second-order valence-electron chi connectivity index (χ2n) is 3.72. The lowest BCUT2D eigenvalue weighted by molar-refractivity contribution is 0.804. The lowest BCUT2D eigenvalue weighted by Crippen LogP contribution is -2.01. The molecule has 2 rings (SSSR count). The van der Waals surface area contributed by atoms with Crippen molar-refractivity contribution in [3.63, 3.8) is 0 Å². The van der Waals surface area contributed by atoms with Crippen molar-refractivity contribution in [3.8, 4) is 5.82 Å². The maximum absolute atomic E-state index is 4.39. The van der Waals surface area contributed by atoms with Crippen molar-refractivity contribution in [2.75, 3.05) is 0 Å². The number of aryl methyl sites for hydroxylation is 3. The van der Waals surface area contributed by atoms with Crippen LogP contribution in [0.4, 0.5) is 0 Å². The van der Waals surface area contributed by atoms with Gasteiger partial charge in [-0.2, -0.15) is 5.10 Å². The van der Waals surface area contributed by atoms with Crippen LogP contribution in [0.1, 0.15) is 51.6 Å². The molecular formula is C16H27N3. The molecule has 3 nitrogen and oxygen atoms in total. The Morgan fingerprint density at radius 1 is 1.05 bits per heavy atom. The van der Waals surface area contributed by atoms with E-state index in [1.54, 1.807) is 0 Å². The molecule has 19 heavy (non-hydrogen) atoms. The highest BCUT2D eigenvalue weighted by atomic mass is 15.3. The number of hydrogen-bond donors (Lipinski definition) is 0. The van der Waals surface area contributed by atoms with Crippen molar-refractivity contribution in [2.24, 2.45) is 0 Å². The molecule has 0 aliphatic carbocycles. The van der Waals surface area contributed by atoms with Gasteiger partial charge in [0, 0.05) is 11.9 Å². The Labute approximate surface area is 117 Å². The van der Waals surface area contributed by atoms with E-state index in [0.29, 0.717) is 0 Å². The molecule has 2 heterocycles. The highest BCUT2D eigenvalue weighted by molar-refractivity contribution is 5.27. The molecule has 0 N–H and O–H groups in total. The quantitative estimate of drug-likeness (QED) is 0.797. The van der Waals surface area contributed by atoms with E-state index in [1.807, 2.05) is 58.5 Å². The molecule has 0 saturated carbocycles. The first kappa shape index (κ1) is 17.4. The maximum Gasteiger partial charge on any atom is 0.153 e. The van der Waals surface area contributed by atoms with Crippen molar-refractivity contribution >= 4 is 0 Å². The van der Waals surface area contributed by atoms with Gasteiger partial charge < -0.3 is 0 Å². The van der Waals surface area contributed by atoms with Crippen molar-refractivity contribution in [1.29, 1.82) is 0 Å². The molecule has 106 valence electrons. The summed E-state index contributed by atoms with van der Waals surface area (Å²) < 4.78 is 1.87. The summed E-state index contributed by atoms with van der Waals surface area (Å²) in [5, 5.41) is 4.39. The highest BCUT2D eigenvalue weighted by Crippen LogP contribution is 2.10. The highest BCUT2D eigenvalue weighted by Gasteiger charge is 2.03. The first-order valence-electron chi connectivity index (χ1n) is 7.19. The first-order valence-corrected chi connectivity index (χ1v) is 7.19. The average molecular weight is 261 g/mol. The second-order valence-corrected chi connectivity index (χ2v) is 3.72. The van der Waals surface area contributed by atoms with Gasteiger partial charge in [-0.25, -0.2) is 9.67 Å². The van der Waals surface area contributed by atoms with Crippen LogP contribution < -0.4 is 0 Å². The lowest BCUT2D eigenvalue weighted by atomic mass is 10.2. The molecular weight excluding hydrogens is 234 g/mol. The molecule has 2 aromatic rings. The molecule has 0 amide bonds. The molecule has 0 saturated heterocycles. The fraction of sp³-hybridized carbons (Fsp3) is 0.500. The van der Waals surface area contributed by atoms with Crippen LogP contribution >= 0.6 is 0 Å². The zero-order valence-corrected chi connectivity index (χ0v) is 13.4. The fourth-order valence-corrected chi connectivity index (χ4v) is 1.61. The molecule has 3 heteroatoms. The summed E-state index contributed by atoms with van der Waals surface area (Å²) in [7, 11) is 0. The van der Waals surface area contributed by atoms with Gasteiger partial charge in [-0.1, -0.05) is 40.7 Å². The molecule has 0 aliphatic rings. The Kier molecular flexibility index (Phi) is 8.51. The Hall–Kier alpha value is -1.64. The third kappa shape index (κ3) is 4.86. The lowest BCUT2D eigenvalue weighted by Gasteiger charge is -2.03. The zero-order valence-electron chi connectivity index (χ0n) is 13.4. The van der Waals surface area contributed by atoms with E-state index >= 15 is 0 Å². The largest absolute Gasteiger partial charge is 0.237 e. The fourth-order valence-electron chi connectivity index (χ4n) is 1.61. The van der Waals surface area contributed by atoms with Crippen LogP contribution in [0.25, 0.3) is 5.82 Å². The Bertz CT molecular complexity index is 455. The van der Waals surface area contributed by atoms with E-state index in [0.717, 1.165) is 23.6 Å². The predicted octanol–water partition coefficient (Wildman–Crippen LogP) is 4.50. The predicted molar refractivity (Wildman–Crippen MR) is 82.9 cm³/mol. The van der Waals surface area contributed by atoms with Crippen LogP contribution in [0, 0.1) is 13.8 Å². The summed E-state index contributed by atoms with van der Waals surface area (Å²) in [6.45, 7) is 14.2. The molecule has 2 aromatic heterocycles. The van der Waals surface area contributed by atoms with Gasteiger partial charge in [-0.3, -0.25) is 0 Å². The zero-order chi connectivity index (χ0) is 14.8. The van der Waals surface area contributed by atoms with E-state index < -0.39 is 0 Å². The third-order valence-corrected chi connectivity index (χ3v) is 2.44. The normalized spacial score (nSPS) is 9.00. The van der Waals surface area contributed by atoms with Gasteiger partial charge in [0.05, 0.1) is 5.69 Å². The number of hydrogen-bond acceptors (Lipinski definition) is 2. The smallest absolute Gasteiger partial charge is 0.153 e. The van der Waals surface area contributed by atoms with Crippen LogP contribution in [0.15, 0.2) is 24.4 Å². The van der Waals surface area contributed by atoms with E-state index in [-0.39, 0.29) is 0 Å². The van der Waals surface area contributed by atoms with Gasteiger partial charge in [-0.15, -0.1) is 0 Å². The number of rotatable bonds is 2. The molecule has 0 unspecified atom stereocenters. The molecule has 0 spiro atoms. The summed E-state index contributed by atoms with van der Waals surface area (Å²) in [4.78, 5) is 4.39. The van der Waals surface area contributed by atoms with E-state index in [1.165, 1.54) is 5.56 Å². The number of aromatic nitrogens is 3. The minimum Gasteiger partial charge on any atom is -0.237 e. The topological polar surface area (TPSA) is 30.7 Å². The van der Waals surface area contributed by atoms with Crippen LogP contribution in [0.2, 0.25) is 0 Å². The van der Waals surface area contributed by atoms with Gasteiger partial charge in [0.2, 0.25) is 0 Å². The Balaban J connectivity index is 0.000000741. The Morgan fingerprint density at radius 3 is 2.05 bits per heavy atom. The van der Waals surface area contributed by atoms with E-state index in [4.69, 9.17) is 0 Å². The molecule has 0 aromatic carbocycles.